The zero-order chi connectivity index (χ0) is 20.6. The first-order valence-corrected chi connectivity index (χ1v) is 10.2. The summed E-state index contributed by atoms with van der Waals surface area (Å²) in [6, 6.07) is 10.6. The number of methoxy groups -OCH3 is 2. The third-order valence-electron chi connectivity index (χ3n) is 6.52. The van der Waals surface area contributed by atoms with Crippen LogP contribution in [0, 0.1) is 23.2 Å². The Hall–Kier alpha value is -2.78. The predicted molar refractivity (Wildman–Crippen MR) is 110 cm³/mol. The molecule has 152 valence electrons. The van der Waals surface area contributed by atoms with E-state index in [9.17, 15) is 10.1 Å². The number of ether oxygens (including phenoxy) is 2. The van der Waals surface area contributed by atoms with Crippen LogP contribution in [0.15, 0.2) is 36.0 Å². The molecule has 6 nitrogen and oxygen atoms in total. The third kappa shape index (κ3) is 3.01. The van der Waals surface area contributed by atoms with Gasteiger partial charge in [0.25, 0.3) is 0 Å². The highest BCUT2D eigenvalue weighted by molar-refractivity contribution is 5.89. The number of fused-ring (bicyclic) bond motifs is 5. The van der Waals surface area contributed by atoms with Gasteiger partial charge in [0.15, 0.2) is 0 Å². The van der Waals surface area contributed by atoms with Crippen LogP contribution < -0.4 is 0 Å². The number of hydrogen-bond donors (Lipinski definition) is 1. The first-order valence-electron chi connectivity index (χ1n) is 10.2. The SMILES string of the molecule is CCC1=CN2CCc3c([nH]c4ccccc34)[C@](OC)(C(=O)OC)C[C@H](C2)[C@H]1C#N. The van der Waals surface area contributed by atoms with E-state index in [1.54, 1.807) is 7.11 Å². The van der Waals surface area contributed by atoms with Crippen molar-refractivity contribution in [1.29, 1.82) is 5.26 Å². The molecule has 0 fully saturated rings. The van der Waals surface area contributed by atoms with E-state index >= 15 is 0 Å². The molecule has 0 aliphatic carbocycles. The number of carbonyl (C=O) groups is 1. The topological polar surface area (TPSA) is 78.3 Å². The molecular weight excluding hydrogens is 366 g/mol. The maximum atomic E-state index is 13.2. The lowest BCUT2D eigenvalue weighted by molar-refractivity contribution is -0.171. The summed E-state index contributed by atoms with van der Waals surface area (Å²) < 4.78 is 11.2. The Bertz CT molecular complexity index is 1000. The van der Waals surface area contributed by atoms with Gasteiger partial charge in [-0.15, -0.1) is 0 Å². The van der Waals surface area contributed by atoms with Gasteiger partial charge in [0, 0.05) is 31.1 Å². The van der Waals surface area contributed by atoms with Gasteiger partial charge in [-0.05, 0) is 48.6 Å². The number of esters is 1. The monoisotopic (exact) mass is 393 g/mol. The highest BCUT2D eigenvalue weighted by Gasteiger charge is 2.49. The van der Waals surface area contributed by atoms with Gasteiger partial charge in [-0.2, -0.15) is 5.26 Å². The van der Waals surface area contributed by atoms with E-state index in [4.69, 9.17) is 9.47 Å². The standard InChI is InChI=1S/C23H27N3O3/c1-4-15-13-26-10-9-18-17-7-5-6-8-20(17)25-21(18)23(29-3,22(27)28-2)11-16(14-26)19(15)12-24/h5-8,13,16,19,25H,4,9-11,14H2,1-3H3/t16-,19+,23+/m1/s1. The van der Waals surface area contributed by atoms with E-state index in [0.717, 1.165) is 53.7 Å². The van der Waals surface area contributed by atoms with Gasteiger partial charge in [-0.3, -0.25) is 0 Å². The minimum Gasteiger partial charge on any atom is -0.467 e. The fraction of sp³-hybridized carbons (Fsp3) is 0.478. The summed E-state index contributed by atoms with van der Waals surface area (Å²) in [6.07, 6.45) is 4.13. The summed E-state index contributed by atoms with van der Waals surface area (Å²) in [4.78, 5) is 18.9. The van der Waals surface area contributed by atoms with E-state index in [-0.39, 0.29) is 11.8 Å². The molecule has 3 atom stereocenters. The molecule has 1 N–H and O–H groups in total. The minimum atomic E-state index is -1.27. The Labute approximate surface area is 171 Å². The largest absolute Gasteiger partial charge is 0.467 e. The van der Waals surface area contributed by atoms with E-state index in [0.29, 0.717) is 6.42 Å². The lowest BCUT2D eigenvalue weighted by atomic mass is 9.75. The zero-order valence-corrected chi connectivity index (χ0v) is 17.2. The van der Waals surface area contributed by atoms with Gasteiger partial charge >= 0.3 is 5.97 Å². The number of nitrogens with one attached hydrogen (secondary N) is 1. The van der Waals surface area contributed by atoms with Crippen LogP contribution in [-0.2, 0) is 26.3 Å². The van der Waals surface area contributed by atoms with Gasteiger partial charge in [0.2, 0.25) is 5.60 Å². The lowest BCUT2D eigenvalue weighted by Gasteiger charge is -2.39. The van der Waals surface area contributed by atoms with E-state index in [1.165, 1.54) is 7.11 Å². The Kier molecular flexibility index (Phi) is 5.10. The molecule has 0 spiro atoms. The summed E-state index contributed by atoms with van der Waals surface area (Å²) in [7, 11) is 2.95. The van der Waals surface area contributed by atoms with E-state index in [1.807, 2.05) is 18.2 Å². The second-order valence-electron chi connectivity index (χ2n) is 7.92. The molecule has 1 aromatic heterocycles. The summed E-state index contributed by atoms with van der Waals surface area (Å²) in [6.45, 7) is 3.64. The summed E-state index contributed by atoms with van der Waals surface area (Å²) in [5.74, 6) is -0.691. The number of H-pyrrole nitrogens is 1. The molecule has 4 rings (SSSR count). The summed E-state index contributed by atoms with van der Waals surface area (Å²) >= 11 is 0. The van der Waals surface area contributed by atoms with Gasteiger partial charge in [-0.1, -0.05) is 25.1 Å². The van der Waals surface area contributed by atoms with Crippen molar-refractivity contribution in [1.82, 2.24) is 9.88 Å². The first-order chi connectivity index (χ1) is 14.1. The number of carbonyl (C=O) groups excluding carboxylic acids is 1. The first kappa shape index (κ1) is 19.5. The molecule has 29 heavy (non-hydrogen) atoms. The van der Waals surface area contributed by atoms with Crippen LogP contribution in [0.5, 0.6) is 0 Å². The van der Waals surface area contributed by atoms with Crippen LogP contribution in [0.1, 0.15) is 31.0 Å². The second-order valence-corrected chi connectivity index (χ2v) is 7.92. The Morgan fingerprint density at radius 1 is 1.38 bits per heavy atom. The molecule has 3 heterocycles. The zero-order valence-electron chi connectivity index (χ0n) is 17.2. The maximum Gasteiger partial charge on any atom is 0.344 e. The number of hydrogen-bond acceptors (Lipinski definition) is 5. The van der Waals surface area contributed by atoms with E-state index in [2.05, 4.69) is 35.1 Å². The third-order valence-corrected chi connectivity index (χ3v) is 6.52. The molecule has 0 radical (unpaired) electrons. The van der Waals surface area contributed by atoms with Crippen LogP contribution in [0.2, 0.25) is 0 Å². The molecule has 2 bridgehead atoms. The molecule has 0 saturated heterocycles. The Morgan fingerprint density at radius 3 is 2.86 bits per heavy atom. The molecule has 2 aliphatic heterocycles. The van der Waals surface area contributed by atoms with Crippen LogP contribution in [0.4, 0.5) is 0 Å². The molecule has 1 aromatic carbocycles. The van der Waals surface area contributed by atoms with Crippen LogP contribution in [0.25, 0.3) is 10.9 Å². The average Bonchev–Trinajstić information content (AvgIpc) is 3.14. The van der Waals surface area contributed by atoms with Crippen molar-refractivity contribution in [2.45, 2.75) is 31.8 Å². The molecule has 2 aliphatic rings. The van der Waals surface area contributed by atoms with Crippen molar-refractivity contribution < 1.29 is 14.3 Å². The number of nitriles is 1. The van der Waals surface area contributed by atoms with Crippen molar-refractivity contribution in [2.24, 2.45) is 11.8 Å². The maximum absolute atomic E-state index is 13.2. The number of aromatic amines is 1. The fourth-order valence-electron chi connectivity index (χ4n) is 5.06. The molecule has 6 heteroatoms. The van der Waals surface area contributed by atoms with Crippen molar-refractivity contribution >= 4 is 16.9 Å². The molecule has 2 aromatic rings. The number of rotatable bonds is 3. The second kappa shape index (κ2) is 7.57. The summed E-state index contributed by atoms with van der Waals surface area (Å²) in [5, 5.41) is 11.0. The van der Waals surface area contributed by atoms with Crippen LogP contribution in [-0.4, -0.2) is 43.2 Å². The highest BCUT2D eigenvalue weighted by atomic mass is 16.6. The molecule has 0 amide bonds. The van der Waals surface area contributed by atoms with Crippen molar-refractivity contribution in [2.75, 3.05) is 27.3 Å². The van der Waals surface area contributed by atoms with E-state index < -0.39 is 11.6 Å². The Balaban J connectivity index is 1.95. The average molecular weight is 393 g/mol. The molecule has 0 saturated carbocycles. The normalized spacial score (nSPS) is 26.6. The van der Waals surface area contributed by atoms with Crippen LogP contribution >= 0.6 is 0 Å². The number of aromatic nitrogens is 1. The number of nitrogens with zero attached hydrogens (tertiary/aromatic N) is 2. The minimum absolute atomic E-state index is 0.0311. The van der Waals surface area contributed by atoms with Crippen molar-refractivity contribution in [3.63, 3.8) is 0 Å². The summed E-state index contributed by atoms with van der Waals surface area (Å²) in [5.41, 5.74) is 2.67. The quantitative estimate of drug-likeness (QED) is 0.808. The van der Waals surface area contributed by atoms with Crippen molar-refractivity contribution in [3.8, 4) is 6.07 Å². The van der Waals surface area contributed by atoms with Gasteiger partial charge in [0.1, 0.15) is 0 Å². The predicted octanol–water partition coefficient (Wildman–Crippen LogP) is 3.49. The van der Waals surface area contributed by atoms with Crippen molar-refractivity contribution in [3.05, 3.63) is 47.3 Å². The van der Waals surface area contributed by atoms with Crippen LogP contribution in [0.3, 0.4) is 0 Å². The van der Waals surface area contributed by atoms with Gasteiger partial charge < -0.3 is 19.4 Å². The van der Waals surface area contributed by atoms with Gasteiger partial charge in [-0.25, -0.2) is 4.79 Å². The molecule has 0 unspecified atom stereocenters. The van der Waals surface area contributed by atoms with Gasteiger partial charge in [0.05, 0.1) is 24.8 Å². The number of para-hydroxylation sites is 1. The molecular formula is C23H27N3O3. The smallest absolute Gasteiger partial charge is 0.344 e. The Morgan fingerprint density at radius 2 is 2.17 bits per heavy atom. The number of benzene rings is 1. The fourth-order valence-corrected chi connectivity index (χ4v) is 5.06. The number of allylic oxidation sites excluding steroid dienone is 1. The lowest BCUT2D eigenvalue weighted by Crippen LogP contribution is -2.45. The highest BCUT2D eigenvalue weighted by Crippen LogP contribution is 2.44.